The van der Waals surface area contributed by atoms with Crippen LogP contribution in [0.2, 0.25) is 0 Å². The minimum Gasteiger partial charge on any atom is -0.339 e. The number of hydrogen-bond donors (Lipinski definition) is 0. The molecule has 1 unspecified atom stereocenters. The van der Waals surface area contributed by atoms with Crippen molar-refractivity contribution in [1.29, 1.82) is 0 Å². The van der Waals surface area contributed by atoms with Crippen LogP contribution in [0, 0.1) is 5.92 Å². The van der Waals surface area contributed by atoms with E-state index in [2.05, 4.69) is 28.9 Å². The summed E-state index contributed by atoms with van der Waals surface area (Å²) in [5, 5.41) is 3.95. The first kappa shape index (κ1) is 13.2. The van der Waals surface area contributed by atoms with E-state index in [9.17, 15) is 4.79 Å². The molecule has 0 aliphatic carbocycles. The number of hydrogen-bond acceptors (Lipinski definition) is 5. The maximum absolute atomic E-state index is 11.0. The van der Waals surface area contributed by atoms with Gasteiger partial charge < -0.3 is 9.42 Å². The van der Waals surface area contributed by atoms with Crippen molar-refractivity contribution >= 4 is 5.78 Å². The molecule has 0 radical (unpaired) electrons. The fraction of sp³-hybridized carbons (Fsp3) is 0.769. The van der Waals surface area contributed by atoms with Gasteiger partial charge in [-0.25, -0.2) is 0 Å². The van der Waals surface area contributed by atoms with Crippen LogP contribution in [0.1, 0.15) is 38.9 Å². The van der Waals surface area contributed by atoms with Crippen molar-refractivity contribution in [2.45, 2.75) is 46.1 Å². The summed E-state index contributed by atoms with van der Waals surface area (Å²) in [4.78, 5) is 17.7. The molecule has 1 saturated heterocycles. The Balaban J connectivity index is 1.87. The molecular formula is C13H21N3O2. The van der Waals surface area contributed by atoms with Crippen LogP contribution in [0.15, 0.2) is 4.52 Å². The van der Waals surface area contributed by atoms with Gasteiger partial charge in [0.05, 0.1) is 6.42 Å². The van der Waals surface area contributed by atoms with E-state index in [-0.39, 0.29) is 12.2 Å². The molecule has 1 aromatic heterocycles. The van der Waals surface area contributed by atoms with Crippen molar-refractivity contribution in [2.24, 2.45) is 5.92 Å². The Hall–Kier alpha value is -1.23. The largest absolute Gasteiger partial charge is 0.339 e. The third-order valence-electron chi connectivity index (χ3n) is 3.43. The zero-order chi connectivity index (χ0) is 13.1. The molecule has 2 rings (SSSR count). The minimum absolute atomic E-state index is 0.0528. The van der Waals surface area contributed by atoms with Crippen molar-refractivity contribution in [3.8, 4) is 0 Å². The Kier molecular flexibility index (Phi) is 4.11. The molecule has 100 valence electrons. The maximum atomic E-state index is 11.0. The Morgan fingerprint density at radius 2 is 2.33 bits per heavy atom. The Morgan fingerprint density at radius 3 is 2.94 bits per heavy atom. The maximum Gasteiger partial charge on any atom is 0.234 e. The van der Waals surface area contributed by atoms with Crippen LogP contribution >= 0.6 is 0 Å². The molecule has 18 heavy (non-hydrogen) atoms. The van der Waals surface area contributed by atoms with Crippen molar-refractivity contribution < 1.29 is 9.32 Å². The monoisotopic (exact) mass is 251 g/mol. The third-order valence-corrected chi connectivity index (χ3v) is 3.43. The minimum atomic E-state index is 0.0528. The molecule has 1 atom stereocenters. The van der Waals surface area contributed by atoms with Gasteiger partial charge in [-0.2, -0.15) is 4.98 Å². The predicted molar refractivity (Wildman–Crippen MR) is 67.2 cm³/mol. The number of Topliss-reactive ketones (excluding diaryl/α,β-unsaturated/α-hetero) is 1. The molecule has 1 aromatic rings. The van der Waals surface area contributed by atoms with Gasteiger partial charge in [0.15, 0.2) is 5.82 Å². The smallest absolute Gasteiger partial charge is 0.234 e. The number of carbonyl (C=O) groups is 1. The standard InChI is InChI=1S/C13H21N3O2/c1-9(2)16-5-4-11(8-16)7-12-14-13(18-15-12)6-10(3)17/h9,11H,4-8H2,1-3H3. The molecule has 1 aliphatic heterocycles. The number of carbonyl (C=O) groups excluding carboxylic acids is 1. The fourth-order valence-electron chi connectivity index (χ4n) is 2.41. The molecule has 0 saturated carbocycles. The molecule has 0 N–H and O–H groups in total. The van der Waals surface area contributed by atoms with Gasteiger partial charge >= 0.3 is 0 Å². The summed E-state index contributed by atoms with van der Waals surface area (Å²) in [6.07, 6.45) is 2.29. The van der Waals surface area contributed by atoms with Gasteiger partial charge in [-0.3, -0.25) is 4.79 Å². The van der Waals surface area contributed by atoms with Gasteiger partial charge in [0.1, 0.15) is 5.78 Å². The topological polar surface area (TPSA) is 59.2 Å². The lowest BCUT2D eigenvalue weighted by molar-refractivity contribution is -0.116. The number of aromatic nitrogens is 2. The molecule has 5 heteroatoms. The summed E-state index contributed by atoms with van der Waals surface area (Å²) in [5.41, 5.74) is 0. The Labute approximate surface area is 108 Å². The van der Waals surface area contributed by atoms with E-state index in [4.69, 9.17) is 4.52 Å². The summed E-state index contributed by atoms with van der Waals surface area (Å²) >= 11 is 0. The summed E-state index contributed by atoms with van der Waals surface area (Å²) in [7, 11) is 0. The highest BCUT2D eigenvalue weighted by Gasteiger charge is 2.25. The zero-order valence-electron chi connectivity index (χ0n) is 11.3. The fourth-order valence-corrected chi connectivity index (χ4v) is 2.41. The summed E-state index contributed by atoms with van der Waals surface area (Å²) in [5.74, 6) is 1.84. The highest BCUT2D eigenvalue weighted by Crippen LogP contribution is 2.21. The zero-order valence-corrected chi connectivity index (χ0v) is 11.3. The first-order valence-corrected chi connectivity index (χ1v) is 6.59. The molecule has 1 aliphatic rings. The van der Waals surface area contributed by atoms with Crippen molar-refractivity contribution in [3.05, 3.63) is 11.7 Å². The molecule has 5 nitrogen and oxygen atoms in total. The highest BCUT2D eigenvalue weighted by atomic mass is 16.5. The van der Waals surface area contributed by atoms with Crippen molar-refractivity contribution in [2.75, 3.05) is 13.1 Å². The van der Waals surface area contributed by atoms with Gasteiger partial charge in [-0.1, -0.05) is 5.16 Å². The van der Waals surface area contributed by atoms with E-state index in [0.717, 1.165) is 25.3 Å². The van der Waals surface area contributed by atoms with E-state index in [0.29, 0.717) is 17.9 Å². The van der Waals surface area contributed by atoms with E-state index < -0.39 is 0 Å². The molecule has 0 bridgehead atoms. The predicted octanol–water partition coefficient (Wildman–Crippen LogP) is 1.47. The first-order valence-electron chi connectivity index (χ1n) is 6.59. The van der Waals surface area contributed by atoms with E-state index >= 15 is 0 Å². The Bertz CT molecular complexity index is 414. The van der Waals surface area contributed by atoms with Crippen LogP contribution in [0.4, 0.5) is 0 Å². The quantitative estimate of drug-likeness (QED) is 0.793. The van der Waals surface area contributed by atoms with E-state index in [1.165, 1.54) is 13.3 Å². The first-order chi connectivity index (χ1) is 8.54. The normalized spacial score (nSPS) is 20.8. The molecule has 0 spiro atoms. The van der Waals surface area contributed by atoms with E-state index in [1.54, 1.807) is 0 Å². The lowest BCUT2D eigenvalue weighted by Crippen LogP contribution is -2.28. The molecule has 2 heterocycles. The van der Waals surface area contributed by atoms with Gasteiger partial charge in [0.2, 0.25) is 5.89 Å². The summed E-state index contributed by atoms with van der Waals surface area (Å²) in [6, 6.07) is 0.605. The van der Waals surface area contributed by atoms with Gasteiger partial charge in [-0.15, -0.1) is 0 Å². The summed E-state index contributed by atoms with van der Waals surface area (Å²) < 4.78 is 5.06. The van der Waals surface area contributed by atoms with Gasteiger partial charge in [0.25, 0.3) is 0 Å². The molecule has 0 amide bonds. The number of rotatable bonds is 5. The van der Waals surface area contributed by atoms with Crippen LogP contribution in [0.5, 0.6) is 0 Å². The van der Waals surface area contributed by atoms with Crippen LogP contribution in [0.25, 0.3) is 0 Å². The number of nitrogens with zero attached hydrogens (tertiary/aromatic N) is 3. The van der Waals surface area contributed by atoms with Crippen LogP contribution in [-0.2, 0) is 17.6 Å². The highest BCUT2D eigenvalue weighted by molar-refractivity contribution is 5.77. The second-order valence-electron chi connectivity index (χ2n) is 5.43. The van der Waals surface area contributed by atoms with Crippen LogP contribution in [-0.4, -0.2) is 40.0 Å². The molecule has 0 aromatic carbocycles. The number of likely N-dealkylation sites (tertiary alicyclic amines) is 1. The van der Waals surface area contributed by atoms with Crippen LogP contribution in [0.3, 0.4) is 0 Å². The molecular weight excluding hydrogens is 230 g/mol. The average molecular weight is 251 g/mol. The molecule has 1 fully saturated rings. The Morgan fingerprint density at radius 1 is 1.56 bits per heavy atom. The van der Waals surface area contributed by atoms with Crippen molar-refractivity contribution in [3.63, 3.8) is 0 Å². The second-order valence-corrected chi connectivity index (χ2v) is 5.43. The average Bonchev–Trinajstić information content (AvgIpc) is 2.88. The van der Waals surface area contributed by atoms with Crippen LogP contribution < -0.4 is 0 Å². The number of ketones is 1. The summed E-state index contributed by atoms with van der Waals surface area (Å²) in [6.45, 7) is 8.24. The van der Waals surface area contributed by atoms with Crippen molar-refractivity contribution in [1.82, 2.24) is 15.0 Å². The second kappa shape index (κ2) is 5.61. The third kappa shape index (κ3) is 3.38. The SMILES string of the molecule is CC(=O)Cc1nc(CC2CCN(C(C)C)C2)no1. The lowest BCUT2D eigenvalue weighted by atomic mass is 10.1. The van der Waals surface area contributed by atoms with Gasteiger partial charge in [-0.05, 0) is 39.7 Å². The lowest BCUT2D eigenvalue weighted by Gasteiger charge is -2.19. The van der Waals surface area contributed by atoms with Gasteiger partial charge in [0, 0.05) is 19.0 Å². The van der Waals surface area contributed by atoms with E-state index in [1.807, 2.05) is 0 Å².